The van der Waals surface area contributed by atoms with Gasteiger partial charge < -0.3 is 15.9 Å². The highest BCUT2D eigenvalue weighted by Crippen LogP contribution is 2.13. The Morgan fingerprint density at radius 3 is 2.32 bits per heavy atom. The van der Waals surface area contributed by atoms with E-state index in [1.54, 1.807) is 24.3 Å². The summed E-state index contributed by atoms with van der Waals surface area (Å²) in [5, 5.41) is 18.3. The van der Waals surface area contributed by atoms with Gasteiger partial charge in [0, 0.05) is 6.54 Å². The summed E-state index contributed by atoms with van der Waals surface area (Å²) in [6.07, 6.45) is -0.561. The van der Waals surface area contributed by atoms with Crippen LogP contribution in [-0.4, -0.2) is 39.8 Å². The Bertz CT molecular complexity index is 422. The van der Waals surface area contributed by atoms with Crippen LogP contribution in [0.2, 0.25) is 0 Å². The topological polar surface area (TPSA) is 104 Å². The highest BCUT2D eigenvalue weighted by Gasteiger charge is 2.28. The summed E-state index contributed by atoms with van der Waals surface area (Å²) in [6, 6.07) is 7.84. The second-order valence-corrected chi connectivity index (χ2v) is 4.18. The maximum absolute atomic E-state index is 11.2. The fourth-order valence-corrected chi connectivity index (χ4v) is 1.82. The smallest absolute Gasteiger partial charge is 0.408 e. The first-order valence-corrected chi connectivity index (χ1v) is 6.02. The van der Waals surface area contributed by atoms with E-state index < -0.39 is 18.1 Å². The Labute approximate surface area is 111 Å². The molecule has 4 N–H and O–H groups in total. The lowest BCUT2D eigenvalue weighted by atomic mass is 10.1. The van der Waals surface area contributed by atoms with E-state index in [-0.39, 0.29) is 13.0 Å². The number of carbonyl (C=O) groups is 2. The van der Waals surface area contributed by atoms with E-state index in [0.29, 0.717) is 13.0 Å². The monoisotopic (exact) mass is 266 g/mol. The lowest BCUT2D eigenvalue weighted by molar-refractivity contribution is -0.143. The number of amides is 1. The van der Waals surface area contributed by atoms with Gasteiger partial charge >= 0.3 is 12.1 Å². The number of nitrogens with zero attached hydrogens (tertiary/aromatic N) is 1. The minimum atomic E-state index is -1.24. The third kappa shape index (κ3) is 4.59. The second-order valence-electron chi connectivity index (χ2n) is 4.18. The Balaban J connectivity index is 2.85. The van der Waals surface area contributed by atoms with Crippen molar-refractivity contribution in [2.75, 3.05) is 6.54 Å². The molecule has 1 aromatic rings. The fourth-order valence-electron chi connectivity index (χ4n) is 1.82. The Morgan fingerprint density at radius 1 is 1.21 bits per heavy atom. The molecule has 0 saturated carbocycles. The van der Waals surface area contributed by atoms with E-state index in [0.717, 1.165) is 10.5 Å². The first kappa shape index (κ1) is 15.0. The van der Waals surface area contributed by atoms with Crippen molar-refractivity contribution in [1.29, 1.82) is 0 Å². The average Bonchev–Trinajstić information content (AvgIpc) is 2.38. The van der Waals surface area contributed by atoms with Gasteiger partial charge in [0.05, 0.1) is 0 Å². The molecule has 6 heteroatoms. The highest BCUT2D eigenvalue weighted by molar-refractivity contribution is 5.79. The van der Waals surface area contributed by atoms with Gasteiger partial charge in [-0.1, -0.05) is 30.3 Å². The number of hydrogen-bond donors (Lipinski definition) is 3. The van der Waals surface area contributed by atoms with Crippen LogP contribution in [0.1, 0.15) is 18.4 Å². The molecule has 0 saturated heterocycles. The number of aliphatic carboxylic acids is 1. The molecule has 19 heavy (non-hydrogen) atoms. The van der Waals surface area contributed by atoms with Crippen molar-refractivity contribution in [3.63, 3.8) is 0 Å². The molecule has 1 rings (SSSR count). The molecule has 0 bridgehead atoms. The van der Waals surface area contributed by atoms with E-state index in [1.165, 1.54) is 0 Å². The number of benzene rings is 1. The molecule has 0 fully saturated rings. The molecule has 1 atom stereocenters. The van der Waals surface area contributed by atoms with Crippen LogP contribution in [0.15, 0.2) is 30.3 Å². The Hall–Kier alpha value is -2.08. The Kier molecular flexibility index (Phi) is 5.81. The summed E-state index contributed by atoms with van der Waals surface area (Å²) in [4.78, 5) is 23.4. The highest BCUT2D eigenvalue weighted by atomic mass is 16.4. The third-order valence-corrected chi connectivity index (χ3v) is 2.78. The van der Waals surface area contributed by atoms with Crippen molar-refractivity contribution < 1.29 is 19.8 Å². The molecule has 0 unspecified atom stereocenters. The van der Waals surface area contributed by atoms with E-state index in [9.17, 15) is 14.7 Å². The van der Waals surface area contributed by atoms with Crippen LogP contribution in [0.4, 0.5) is 4.79 Å². The van der Waals surface area contributed by atoms with Gasteiger partial charge in [-0.15, -0.1) is 0 Å². The molecule has 0 aromatic heterocycles. The van der Waals surface area contributed by atoms with Gasteiger partial charge in [-0.25, -0.2) is 9.59 Å². The van der Waals surface area contributed by atoms with E-state index in [1.807, 2.05) is 6.07 Å². The van der Waals surface area contributed by atoms with Crippen molar-refractivity contribution >= 4 is 12.1 Å². The minimum Gasteiger partial charge on any atom is -0.480 e. The minimum absolute atomic E-state index is 0.0533. The van der Waals surface area contributed by atoms with E-state index in [4.69, 9.17) is 10.8 Å². The lowest BCUT2D eigenvalue weighted by Gasteiger charge is -2.26. The molecular formula is C13H18N2O4. The molecule has 104 valence electrons. The van der Waals surface area contributed by atoms with Crippen LogP contribution < -0.4 is 5.73 Å². The molecule has 0 aliphatic heterocycles. The summed E-state index contributed by atoms with van der Waals surface area (Å²) >= 11 is 0. The molecule has 0 aliphatic rings. The summed E-state index contributed by atoms with van der Waals surface area (Å²) in [6.45, 7) is 0.389. The van der Waals surface area contributed by atoms with Gasteiger partial charge in [0.1, 0.15) is 6.04 Å². The fraction of sp³-hybridized carbons (Fsp3) is 0.385. The van der Waals surface area contributed by atoms with Gasteiger partial charge in [0.15, 0.2) is 0 Å². The second kappa shape index (κ2) is 7.38. The molecule has 0 radical (unpaired) electrons. The molecular weight excluding hydrogens is 248 g/mol. The van der Waals surface area contributed by atoms with Crippen LogP contribution in [-0.2, 0) is 11.3 Å². The quantitative estimate of drug-likeness (QED) is 0.691. The van der Waals surface area contributed by atoms with Crippen LogP contribution in [0, 0.1) is 0 Å². The molecule has 0 heterocycles. The van der Waals surface area contributed by atoms with Crippen molar-refractivity contribution in [2.45, 2.75) is 25.4 Å². The maximum Gasteiger partial charge on any atom is 0.408 e. The molecule has 0 aliphatic carbocycles. The number of carboxylic acid groups (broad SMARTS) is 2. The van der Waals surface area contributed by atoms with Crippen LogP contribution >= 0.6 is 0 Å². The van der Waals surface area contributed by atoms with Crippen molar-refractivity contribution in [2.24, 2.45) is 5.73 Å². The molecule has 6 nitrogen and oxygen atoms in total. The first-order valence-electron chi connectivity index (χ1n) is 6.02. The van der Waals surface area contributed by atoms with E-state index >= 15 is 0 Å². The number of hydrogen-bond acceptors (Lipinski definition) is 3. The zero-order valence-electron chi connectivity index (χ0n) is 10.5. The normalized spacial score (nSPS) is 11.8. The van der Waals surface area contributed by atoms with Crippen molar-refractivity contribution in [1.82, 2.24) is 4.90 Å². The van der Waals surface area contributed by atoms with Crippen LogP contribution in [0.25, 0.3) is 0 Å². The summed E-state index contributed by atoms with van der Waals surface area (Å²) in [7, 11) is 0. The number of carboxylic acids is 1. The van der Waals surface area contributed by atoms with Crippen molar-refractivity contribution in [3.8, 4) is 0 Å². The zero-order chi connectivity index (χ0) is 14.3. The summed E-state index contributed by atoms with van der Waals surface area (Å²) < 4.78 is 0. The first-order chi connectivity index (χ1) is 9.06. The Morgan fingerprint density at radius 2 is 1.84 bits per heavy atom. The number of rotatable bonds is 7. The SMILES string of the molecule is NCCC[C@@H](C(=O)O)N(Cc1ccccc1)C(=O)O. The standard InChI is InChI=1S/C13H18N2O4/c14-8-4-7-11(12(16)17)15(13(18)19)9-10-5-2-1-3-6-10/h1-3,5-6,11H,4,7-9,14H2,(H,16,17)(H,18,19)/t11-/m0/s1. The summed E-state index contributed by atoms with van der Waals surface area (Å²) in [5.74, 6) is -1.15. The van der Waals surface area contributed by atoms with Gasteiger partial charge in [0.25, 0.3) is 0 Å². The average molecular weight is 266 g/mol. The van der Waals surface area contributed by atoms with E-state index in [2.05, 4.69) is 0 Å². The summed E-state index contributed by atoms with van der Waals surface area (Å²) in [5.41, 5.74) is 6.10. The predicted octanol–water partition coefficient (Wildman–Crippen LogP) is 1.36. The van der Waals surface area contributed by atoms with Gasteiger partial charge in [0.2, 0.25) is 0 Å². The molecule has 1 aromatic carbocycles. The van der Waals surface area contributed by atoms with Crippen LogP contribution in [0.5, 0.6) is 0 Å². The molecule has 0 spiro atoms. The molecule has 1 amide bonds. The van der Waals surface area contributed by atoms with Gasteiger partial charge in [-0.3, -0.25) is 4.90 Å². The maximum atomic E-state index is 11.2. The lowest BCUT2D eigenvalue weighted by Crippen LogP contribution is -2.44. The zero-order valence-corrected chi connectivity index (χ0v) is 10.5. The van der Waals surface area contributed by atoms with Gasteiger partial charge in [-0.05, 0) is 24.9 Å². The number of nitrogens with two attached hydrogens (primary N) is 1. The van der Waals surface area contributed by atoms with Crippen molar-refractivity contribution in [3.05, 3.63) is 35.9 Å². The third-order valence-electron chi connectivity index (χ3n) is 2.78. The van der Waals surface area contributed by atoms with Gasteiger partial charge in [-0.2, -0.15) is 0 Å². The predicted molar refractivity (Wildman–Crippen MR) is 69.7 cm³/mol. The largest absolute Gasteiger partial charge is 0.480 e. The van der Waals surface area contributed by atoms with Crippen LogP contribution in [0.3, 0.4) is 0 Å².